The third-order valence-corrected chi connectivity index (χ3v) is 5.91. The average molecular weight is 293 g/mol. The van der Waals surface area contributed by atoms with Crippen molar-refractivity contribution in [2.24, 2.45) is 0 Å². The van der Waals surface area contributed by atoms with Gasteiger partial charge in [0.15, 0.2) is 15.6 Å². The fraction of sp³-hybridized carbons (Fsp3) is 0.500. The zero-order valence-electron chi connectivity index (χ0n) is 9.94. The Morgan fingerprint density at radius 2 is 2.00 bits per heavy atom. The molecule has 1 heterocycles. The van der Waals surface area contributed by atoms with E-state index in [4.69, 9.17) is 5.73 Å². The largest absolute Gasteiger partial charge is 0.396 e. The Balaban J connectivity index is 3.46. The number of anilines is 1. The minimum Gasteiger partial charge on any atom is -0.396 e. The fourth-order valence-electron chi connectivity index (χ4n) is 1.35. The fourth-order valence-corrected chi connectivity index (χ4v) is 5.63. The SMILES string of the molecule is CCSc1sc(C(=O)CC)c(N)c1S(C)(=O)=O. The summed E-state index contributed by atoms with van der Waals surface area (Å²) in [7, 11) is -3.39. The second kappa shape index (κ2) is 5.41. The van der Waals surface area contributed by atoms with Crippen LogP contribution in [0.1, 0.15) is 29.9 Å². The first-order chi connectivity index (χ1) is 7.82. The molecule has 0 atom stereocenters. The lowest BCUT2D eigenvalue weighted by Gasteiger charge is -2.01. The number of thioether (sulfide) groups is 1. The van der Waals surface area contributed by atoms with E-state index in [2.05, 4.69) is 0 Å². The molecule has 0 aliphatic heterocycles. The number of rotatable bonds is 5. The lowest BCUT2D eigenvalue weighted by atomic mass is 10.2. The molecule has 2 N–H and O–H groups in total. The van der Waals surface area contributed by atoms with Crippen LogP contribution >= 0.6 is 23.1 Å². The smallest absolute Gasteiger partial charge is 0.179 e. The summed E-state index contributed by atoms with van der Waals surface area (Å²) in [5, 5.41) is 0. The van der Waals surface area contributed by atoms with Crippen LogP contribution in [-0.4, -0.2) is 26.2 Å². The second-order valence-corrected chi connectivity index (χ2v) is 7.95. The quantitative estimate of drug-likeness (QED) is 0.666. The first-order valence-corrected chi connectivity index (χ1v) is 8.80. The van der Waals surface area contributed by atoms with Crippen molar-refractivity contribution in [3.05, 3.63) is 4.88 Å². The number of hydrogen-bond donors (Lipinski definition) is 1. The first kappa shape index (κ1) is 14.5. The van der Waals surface area contributed by atoms with Crippen LogP contribution in [0.5, 0.6) is 0 Å². The van der Waals surface area contributed by atoms with Gasteiger partial charge in [0.2, 0.25) is 0 Å². The maximum Gasteiger partial charge on any atom is 0.179 e. The van der Waals surface area contributed by atoms with Crippen molar-refractivity contribution in [2.45, 2.75) is 29.4 Å². The normalized spacial score (nSPS) is 11.7. The molecule has 0 bridgehead atoms. The molecule has 0 saturated carbocycles. The van der Waals surface area contributed by atoms with Crippen LogP contribution in [0.15, 0.2) is 9.10 Å². The third-order valence-electron chi connectivity index (χ3n) is 2.09. The van der Waals surface area contributed by atoms with Crippen molar-refractivity contribution in [1.82, 2.24) is 0 Å². The van der Waals surface area contributed by atoms with Gasteiger partial charge in [0.1, 0.15) is 4.90 Å². The Morgan fingerprint density at radius 3 is 2.41 bits per heavy atom. The Labute approximate surface area is 110 Å². The highest BCUT2D eigenvalue weighted by molar-refractivity contribution is 8.02. The average Bonchev–Trinajstić information content (AvgIpc) is 2.54. The van der Waals surface area contributed by atoms with Crippen LogP contribution in [0.2, 0.25) is 0 Å². The third kappa shape index (κ3) is 3.02. The number of thiophene rings is 1. The summed E-state index contributed by atoms with van der Waals surface area (Å²) in [6, 6.07) is 0. The number of carbonyl (C=O) groups excluding carboxylic acids is 1. The van der Waals surface area contributed by atoms with Crippen LogP contribution in [0.4, 0.5) is 5.69 Å². The monoisotopic (exact) mass is 293 g/mol. The molecule has 1 aromatic heterocycles. The van der Waals surface area contributed by atoms with Gasteiger partial charge in [-0.05, 0) is 5.75 Å². The molecule has 0 fully saturated rings. The van der Waals surface area contributed by atoms with Crippen LogP contribution in [0.3, 0.4) is 0 Å². The van der Waals surface area contributed by atoms with Gasteiger partial charge in [0.05, 0.1) is 14.8 Å². The van der Waals surface area contributed by atoms with Crippen molar-refractivity contribution >= 4 is 44.4 Å². The minimum atomic E-state index is -3.39. The van der Waals surface area contributed by atoms with E-state index in [9.17, 15) is 13.2 Å². The van der Waals surface area contributed by atoms with Crippen molar-refractivity contribution in [3.8, 4) is 0 Å². The van der Waals surface area contributed by atoms with E-state index in [-0.39, 0.29) is 16.4 Å². The predicted octanol–water partition coefficient (Wildman–Crippen LogP) is 2.44. The highest BCUT2D eigenvalue weighted by Gasteiger charge is 2.26. The van der Waals surface area contributed by atoms with E-state index in [1.165, 1.54) is 23.1 Å². The van der Waals surface area contributed by atoms with E-state index in [0.717, 1.165) is 12.0 Å². The molecule has 0 amide bonds. The van der Waals surface area contributed by atoms with Crippen LogP contribution in [0, 0.1) is 0 Å². The summed E-state index contributed by atoms with van der Waals surface area (Å²) in [6.45, 7) is 3.65. The Morgan fingerprint density at radius 1 is 1.41 bits per heavy atom. The topological polar surface area (TPSA) is 77.2 Å². The molecule has 1 aromatic rings. The summed E-state index contributed by atoms with van der Waals surface area (Å²) in [4.78, 5) is 12.1. The molecule has 0 spiro atoms. The van der Waals surface area contributed by atoms with Crippen molar-refractivity contribution < 1.29 is 13.2 Å². The number of carbonyl (C=O) groups is 1. The van der Waals surface area contributed by atoms with Gasteiger partial charge in [-0.3, -0.25) is 4.79 Å². The minimum absolute atomic E-state index is 0.111. The van der Waals surface area contributed by atoms with Crippen LogP contribution in [0.25, 0.3) is 0 Å². The molecule has 17 heavy (non-hydrogen) atoms. The number of nitrogens with two attached hydrogens (primary N) is 1. The Bertz CT molecular complexity index is 531. The Kier molecular flexibility index (Phi) is 4.62. The van der Waals surface area contributed by atoms with E-state index in [1.807, 2.05) is 6.92 Å². The van der Waals surface area contributed by atoms with Gasteiger partial charge in [-0.25, -0.2) is 8.42 Å². The maximum atomic E-state index is 11.7. The van der Waals surface area contributed by atoms with E-state index in [0.29, 0.717) is 15.5 Å². The zero-order chi connectivity index (χ0) is 13.2. The highest BCUT2D eigenvalue weighted by atomic mass is 32.2. The first-order valence-electron chi connectivity index (χ1n) is 5.11. The molecule has 0 unspecified atom stereocenters. The van der Waals surface area contributed by atoms with Gasteiger partial charge in [-0.15, -0.1) is 23.1 Å². The lowest BCUT2D eigenvalue weighted by Crippen LogP contribution is -2.04. The van der Waals surface area contributed by atoms with Gasteiger partial charge in [0, 0.05) is 12.7 Å². The van der Waals surface area contributed by atoms with Gasteiger partial charge in [-0.2, -0.15) is 0 Å². The standard InChI is InChI=1S/C10H15NO3S3/c1-4-6(12)8-7(11)9(17(3,13)14)10(16-8)15-5-2/h4-5,11H2,1-3H3. The maximum absolute atomic E-state index is 11.7. The number of Topliss-reactive ketones (excluding diaryl/α,β-unsaturated/α-hetero) is 1. The summed E-state index contributed by atoms with van der Waals surface area (Å²) < 4.78 is 24.0. The van der Waals surface area contributed by atoms with Gasteiger partial charge < -0.3 is 5.73 Å². The van der Waals surface area contributed by atoms with Crippen molar-refractivity contribution in [3.63, 3.8) is 0 Å². The number of sulfone groups is 1. The van der Waals surface area contributed by atoms with Crippen molar-refractivity contribution in [1.29, 1.82) is 0 Å². The van der Waals surface area contributed by atoms with E-state index < -0.39 is 9.84 Å². The molecule has 1 rings (SSSR count). The number of ketones is 1. The molecule has 0 saturated heterocycles. The zero-order valence-corrected chi connectivity index (χ0v) is 12.4. The lowest BCUT2D eigenvalue weighted by molar-refractivity contribution is 0.0992. The predicted molar refractivity (Wildman–Crippen MR) is 72.9 cm³/mol. The van der Waals surface area contributed by atoms with Gasteiger partial charge in [0.25, 0.3) is 0 Å². The van der Waals surface area contributed by atoms with Gasteiger partial charge >= 0.3 is 0 Å². The summed E-state index contributed by atoms with van der Waals surface area (Å²) >= 11 is 2.58. The van der Waals surface area contributed by atoms with E-state index >= 15 is 0 Å². The number of nitrogen functional groups attached to an aromatic ring is 1. The molecule has 0 aliphatic carbocycles. The second-order valence-electron chi connectivity index (χ2n) is 3.44. The van der Waals surface area contributed by atoms with Crippen molar-refractivity contribution in [2.75, 3.05) is 17.7 Å². The summed E-state index contributed by atoms with van der Waals surface area (Å²) in [6.07, 6.45) is 1.44. The molecule has 0 aliphatic rings. The van der Waals surface area contributed by atoms with Crippen LogP contribution in [-0.2, 0) is 9.84 Å². The molecular weight excluding hydrogens is 278 g/mol. The van der Waals surface area contributed by atoms with Gasteiger partial charge in [-0.1, -0.05) is 13.8 Å². The molecule has 7 heteroatoms. The van der Waals surface area contributed by atoms with E-state index in [1.54, 1.807) is 6.92 Å². The molecule has 0 radical (unpaired) electrons. The Hall–Kier alpha value is -0.530. The summed E-state index contributed by atoms with van der Waals surface area (Å²) in [5.41, 5.74) is 5.91. The highest BCUT2D eigenvalue weighted by Crippen LogP contribution is 2.41. The molecule has 96 valence electrons. The summed E-state index contributed by atoms with van der Waals surface area (Å²) in [5.74, 6) is 0.628. The molecular formula is C10H15NO3S3. The molecule has 4 nitrogen and oxygen atoms in total. The van der Waals surface area contributed by atoms with Crippen LogP contribution < -0.4 is 5.73 Å². The molecule has 0 aromatic carbocycles. The number of hydrogen-bond acceptors (Lipinski definition) is 6.